The number of nitrogens with one attached hydrogen (secondary N) is 1. The van der Waals surface area contributed by atoms with Crippen molar-refractivity contribution in [3.05, 3.63) is 41.2 Å². The lowest BCUT2D eigenvalue weighted by molar-refractivity contribution is 0.0248. The maximum atomic E-state index is 13.4. The number of carbonyl (C=O) groups is 2. The zero-order valence-electron chi connectivity index (χ0n) is 20.0. The van der Waals surface area contributed by atoms with E-state index in [-0.39, 0.29) is 35.0 Å². The Morgan fingerprint density at radius 1 is 1.28 bits per heavy atom. The zero-order valence-corrected chi connectivity index (χ0v) is 20.8. The number of carbonyl (C=O) groups excluding carboxylic acids is 1. The van der Waals surface area contributed by atoms with Crippen LogP contribution in [0.4, 0.5) is 16.6 Å². The second-order valence-corrected chi connectivity index (χ2v) is 10.4. The number of oxazole rings is 1. The number of carboxylic acid groups (broad SMARTS) is 1. The molecule has 1 aliphatic heterocycles. The van der Waals surface area contributed by atoms with Crippen LogP contribution in [0.15, 0.2) is 34.9 Å². The lowest BCUT2D eigenvalue weighted by atomic mass is 9.77. The van der Waals surface area contributed by atoms with E-state index in [1.54, 1.807) is 35.1 Å². The van der Waals surface area contributed by atoms with E-state index in [0.717, 1.165) is 0 Å². The van der Waals surface area contributed by atoms with Crippen molar-refractivity contribution in [2.24, 2.45) is 5.41 Å². The van der Waals surface area contributed by atoms with Gasteiger partial charge in [-0.25, -0.2) is 9.78 Å². The summed E-state index contributed by atoms with van der Waals surface area (Å²) in [6.07, 6.45) is 1.92. The van der Waals surface area contributed by atoms with Gasteiger partial charge in [-0.2, -0.15) is 10.1 Å². The molecular formula is C24H26ClN7O4. The summed E-state index contributed by atoms with van der Waals surface area (Å²) in [6.45, 7) is 6.44. The molecule has 0 spiro atoms. The number of rotatable bonds is 3. The van der Waals surface area contributed by atoms with Crippen LogP contribution in [0.1, 0.15) is 50.1 Å². The van der Waals surface area contributed by atoms with Crippen LogP contribution >= 0.6 is 11.6 Å². The Hall–Kier alpha value is -3.86. The second-order valence-electron chi connectivity index (χ2n) is 9.97. The van der Waals surface area contributed by atoms with Crippen LogP contribution in [0.25, 0.3) is 22.0 Å². The number of amides is 2. The van der Waals surface area contributed by atoms with Gasteiger partial charge in [0.1, 0.15) is 11.3 Å². The fourth-order valence-electron chi connectivity index (χ4n) is 5.13. The molecule has 11 nitrogen and oxygen atoms in total. The van der Waals surface area contributed by atoms with Crippen molar-refractivity contribution in [3.63, 3.8) is 0 Å². The van der Waals surface area contributed by atoms with Gasteiger partial charge in [0.25, 0.3) is 5.91 Å². The number of nitrogen functional groups attached to an aromatic ring is 1. The number of halogens is 1. The number of nitrogens with two attached hydrogens (primary N) is 1. The van der Waals surface area contributed by atoms with Gasteiger partial charge in [-0.05, 0) is 42.5 Å². The maximum absolute atomic E-state index is 13.4. The third-order valence-electron chi connectivity index (χ3n) is 6.48. The highest BCUT2D eigenvalue weighted by Crippen LogP contribution is 2.41. The molecule has 0 saturated carbocycles. The summed E-state index contributed by atoms with van der Waals surface area (Å²) in [4.78, 5) is 35.4. The van der Waals surface area contributed by atoms with Gasteiger partial charge in [0, 0.05) is 17.8 Å². The van der Waals surface area contributed by atoms with Gasteiger partial charge in [0.2, 0.25) is 0 Å². The highest BCUT2D eigenvalue weighted by Gasteiger charge is 2.44. The first-order valence-electron chi connectivity index (χ1n) is 11.5. The molecule has 36 heavy (non-hydrogen) atoms. The van der Waals surface area contributed by atoms with Crippen LogP contribution in [0.2, 0.25) is 5.02 Å². The Kier molecular flexibility index (Phi) is 5.74. The molecule has 4 aromatic rings. The number of aromatic nitrogens is 4. The quantitative estimate of drug-likeness (QED) is 0.355. The number of fused-ring (bicyclic) bond motifs is 2. The number of anilines is 2. The van der Waals surface area contributed by atoms with E-state index < -0.39 is 12.0 Å². The van der Waals surface area contributed by atoms with E-state index in [1.807, 2.05) is 20.8 Å². The minimum atomic E-state index is -0.980. The molecule has 188 valence electrons. The Morgan fingerprint density at radius 2 is 2.06 bits per heavy atom. The monoisotopic (exact) mass is 511 g/mol. The van der Waals surface area contributed by atoms with Crippen LogP contribution < -0.4 is 11.1 Å². The molecule has 1 aliphatic rings. The van der Waals surface area contributed by atoms with Gasteiger partial charge < -0.3 is 20.2 Å². The fourth-order valence-corrected chi connectivity index (χ4v) is 5.29. The first kappa shape index (κ1) is 23.9. The first-order valence-corrected chi connectivity index (χ1v) is 11.9. The van der Waals surface area contributed by atoms with Crippen LogP contribution in [-0.4, -0.2) is 54.3 Å². The largest absolute Gasteiger partial charge is 0.465 e. The molecule has 2 unspecified atom stereocenters. The van der Waals surface area contributed by atoms with Gasteiger partial charge in [-0.3, -0.25) is 14.8 Å². The normalized spacial score (nSPS) is 18.6. The Labute approximate surface area is 211 Å². The topological polar surface area (TPSA) is 152 Å². The van der Waals surface area contributed by atoms with Crippen molar-refractivity contribution < 1.29 is 19.1 Å². The zero-order chi connectivity index (χ0) is 25.8. The van der Waals surface area contributed by atoms with Crippen molar-refractivity contribution in [2.75, 3.05) is 17.6 Å². The highest BCUT2D eigenvalue weighted by molar-refractivity contribution is 6.31. The number of piperidine rings is 1. The predicted octanol–water partition coefficient (Wildman–Crippen LogP) is 4.79. The molecule has 3 aromatic heterocycles. The number of benzene rings is 1. The van der Waals surface area contributed by atoms with Gasteiger partial charge in [-0.15, -0.1) is 0 Å². The molecule has 0 aliphatic carbocycles. The predicted molar refractivity (Wildman–Crippen MR) is 135 cm³/mol. The van der Waals surface area contributed by atoms with Gasteiger partial charge in [-0.1, -0.05) is 32.4 Å². The second kappa shape index (κ2) is 8.66. The summed E-state index contributed by atoms with van der Waals surface area (Å²) in [7, 11) is 0. The molecule has 2 atom stereocenters. The van der Waals surface area contributed by atoms with Crippen molar-refractivity contribution in [3.8, 4) is 0 Å². The molecular weight excluding hydrogens is 486 g/mol. The summed E-state index contributed by atoms with van der Waals surface area (Å²) in [5.74, 6) is -0.430. The molecule has 0 bridgehead atoms. The first-order chi connectivity index (χ1) is 17.0. The molecule has 4 N–H and O–H groups in total. The van der Waals surface area contributed by atoms with Crippen LogP contribution in [0.3, 0.4) is 0 Å². The molecule has 4 heterocycles. The van der Waals surface area contributed by atoms with E-state index in [9.17, 15) is 14.7 Å². The van der Waals surface area contributed by atoms with Gasteiger partial charge >= 0.3 is 12.1 Å². The standard InChI is InChI=1S/C24H26ClN7O4/c1-24(2,3)19-15(5-4-10-31(19)23(34)35)32-14-8-9-27-20(26)17(14)18(30-32)21(33)29-22-28-13-11-12(25)6-7-16(13)36-22/h6-9,11,15,19H,4-5,10H2,1-3H3,(H2,26,27)(H,34,35)(H,28,29,33). The summed E-state index contributed by atoms with van der Waals surface area (Å²) < 4.78 is 7.35. The molecule has 2 amide bonds. The van der Waals surface area contributed by atoms with Crippen molar-refractivity contribution in [2.45, 2.75) is 45.7 Å². The van der Waals surface area contributed by atoms with Crippen LogP contribution in [0, 0.1) is 5.41 Å². The summed E-state index contributed by atoms with van der Waals surface area (Å²) in [6, 6.07) is 5.99. The smallest absolute Gasteiger partial charge is 0.407 e. The van der Waals surface area contributed by atoms with Gasteiger partial charge in [0.05, 0.1) is 23.0 Å². The summed E-state index contributed by atoms with van der Waals surface area (Å²) in [5.41, 5.74) is 7.43. The number of pyridine rings is 1. The van der Waals surface area contributed by atoms with Crippen molar-refractivity contribution in [1.82, 2.24) is 24.6 Å². The van der Waals surface area contributed by atoms with Crippen LogP contribution in [-0.2, 0) is 0 Å². The third kappa shape index (κ3) is 4.09. The highest BCUT2D eigenvalue weighted by atomic mass is 35.5. The van der Waals surface area contributed by atoms with E-state index in [4.69, 9.17) is 21.8 Å². The van der Waals surface area contributed by atoms with Gasteiger partial charge in [0.15, 0.2) is 11.3 Å². The maximum Gasteiger partial charge on any atom is 0.407 e. The van der Waals surface area contributed by atoms with Crippen LogP contribution in [0.5, 0.6) is 0 Å². The summed E-state index contributed by atoms with van der Waals surface area (Å²) in [5, 5.41) is 18.1. The van der Waals surface area contributed by atoms with Crippen molar-refractivity contribution in [1.29, 1.82) is 0 Å². The van der Waals surface area contributed by atoms with E-state index in [0.29, 0.717) is 46.4 Å². The Bertz CT molecular complexity index is 1490. The summed E-state index contributed by atoms with van der Waals surface area (Å²) >= 11 is 6.02. The fraction of sp³-hybridized carbons (Fsp3) is 0.375. The number of hydrogen-bond acceptors (Lipinski definition) is 7. The average Bonchev–Trinajstić information content (AvgIpc) is 3.39. The lowest BCUT2D eigenvalue weighted by Crippen LogP contribution is -2.54. The van der Waals surface area contributed by atoms with E-state index >= 15 is 0 Å². The SMILES string of the molecule is CC(C)(C)C1C(n2nc(C(=O)Nc3nc4cc(Cl)ccc4o3)c3c(N)nccc32)CCCN1C(=O)O. The molecule has 0 radical (unpaired) electrons. The minimum absolute atomic E-state index is 0.00952. The Balaban J connectivity index is 1.58. The van der Waals surface area contributed by atoms with E-state index in [1.165, 1.54) is 4.90 Å². The number of nitrogens with zero attached hydrogens (tertiary/aromatic N) is 5. The average molecular weight is 512 g/mol. The minimum Gasteiger partial charge on any atom is -0.465 e. The number of hydrogen-bond donors (Lipinski definition) is 3. The van der Waals surface area contributed by atoms with Crippen molar-refractivity contribution >= 4 is 57.4 Å². The molecule has 12 heteroatoms. The molecule has 1 saturated heterocycles. The molecule has 1 aromatic carbocycles. The lowest BCUT2D eigenvalue weighted by Gasteiger charge is -2.46. The van der Waals surface area contributed by atoms with E-state index in [2.05, 4.69) is 20.4 Å². The molecule has 1 fully saturated rings. The molecule has 5 rings (SSSR count). The third-order valence-corrected chi connectivity index (χ3v) is 6.72. The number of likely N-dealkylation sites (tertiary alicyclic amines) is 1. The Morgan fingerprint density at radius 3 is 2.78 bits per heavy atom.